The second-order valence-electron chi connectivity index (χ2n) is 6.48. The lowest BCUT2D eigenvalue weighted by Crippen LogP contribution is -3.09. The maximum absolute atomic E-state index is 12.3. The molecule has 0 fully saturated rings. The van der Waals surface area contributed by atoms with E-state index < -0.39 is 0 Å². The largest absolute Gasteiger partial charge is 0.310 e. The van der Waals surface area contributed by atoms with Crippen LogP contribution in [-0.2, 0) is 13.2 Å². The summed E-state index contributed by atoms with van der Waals surface area (Å²) in [5.41, 5.74) is 1.45. The number of aromatic amines is 1. The van der Waals surface area contributed by atoms with Gasteiger partial charge in [-0.2, -0.15) is 9.36 Å². The molecule has 4 rings (SSSR count). The molecule has 0 aliphatic rings. The van der Waals surface area contributed by atoms with Crippen molar-refractivity contribution in [2.75, 3.05) is 6.54 Å². The molecule has 2 N–H and O–H groups in total. The summed E-state index contributed by atoms with van der Waals surface area (Å²) in [4.78, 5) is 20.9. The molecule has 4 aromatic rings. The molecule has 1 atom stereocenters. The van der Waals surface area contributed by atoms with Gasteiger partial charge in [0.2, 0.25) is 4.77 Å². The average molecular weight is 394 g/mol. The molecule has 9 heteroatoms. The molecule has 0 spiro atoms. The van der Waals surface area contributed by atoms with Gasteiger partial charge in [0.1, 0.15) is 6.54 Å². The van der Waals surface area contributed by atoms with E-state index in [1.54, 1.807) is 15.4 Å². The Morgan fingerprint density at radius 2 is 1.82 bits per heavy atom. The average Bonchev–Trinajstić information content (AvgIpc) is 3.08. The molecule has 1 unspecified atom stereocenters. The summed E-state index contributed by atoms with van der Waals surface area (Å²) in [6.45, 7) is 3.96. The fraction of sp³-hybridized carbons (Fsp3) is 0.211. The summed E-state index contributed by atoms with van der Waals surface area (Å²) in [6.07, 6.45) is 0. The minimum atomic E-state index is -0.123. The Labute approximate surface area is 166 Å². The molecule has 142 valence electrons. The van der Waals surface area contributed by atoms with Gasteiger partial charge in [-0.25, -0.2) is 4.98 Å². The van der Waals surface area contributed by atoms with Crippen LogP contribution in [0.2, 0.25) is 0 Å². The summed E-state index contributed by atoms with van der Waals surface area (Å²) in [5, 5.41) is 8.97. The van der Waals surface area contributed by atoms with Gasteiger partial charge in [-0.15, -0.1) is 0 Å². The summed E-state index contributed by atoms with van der Waals surface area (Å²) in [6, 6.07) is 17.0. The van der Waals surface area contributed by atoms with Crippen molar-refractivity contribution in [1.82, 2.24) is 29.8 Å². The second-order valence-corrected chi connectivity index (χ2v) is 6.84. The minimum absolute atomic E-state index is 0.123. The number of nitrogens with zero attached hydrogens (tertiary/aromatic N) is 5. The maximum Gasteiger partial charge on any atom is 0.258 e. The van der Waals surface area contributed by atoms with Gasteiger partial charge in [0, 0.05) is 0 Å². The van der Waals surface area contributed by atoms with Gasteiger partial charge in [-0.3, -0.25) is 4.79 Å². The molecule has 0 bridgehead atoms. The number of aromatic nitrogens is 6. The van der Waals surface area contributed by atoms with Crippen molar-refractivity contribution in [1.29, 1.82) is 0 Å². The van der Waals surface area contributed by atoms with Crippen molar-refractivity contribution in [2.45, 2.75) is 20.1 Å². The molecule has 0 aliphatic heterocycles. The normalized spacial score (nSPS) is 12.3. The number of hydrogen-bond donors (Lipinski definition) is 2. The smallest absolute Gasteiger partial charge is 0.258 e. The van der Waals surface area contributed by atoms with Crippen LogP contribution in [0, 0.1) is 4.77 Å². The summed E-state index contributed by atoms with van der Waals surface area (Å²) < 4.78 is 3.86. The predicted molar refractivity (Wildman–Crippen MR) is 108 cm³/mol. The van der Waals surface area contributed by atoms with Gasteiger partial charge in [0.05, 0.1) is 23.1 Å². The van der Waals surface area contributed by atoms with Crippen molar-refractivity contribution in [3.05, 3.63) is 75.5 Å². The molecule has 8 nitrogen and oxygen atoms in total. The van der Waals surface area contributed by atoms with Crippen LogP contribution < -0.4 is 10.5 Å². The summed E-state index contributed by atoms with van der Waals surface area (Å²) in [5.74, 6) is 0.641. The molecular formula is C19H20N7OS+. The van der Waals surface area contributed by atoms with Crippen LogP contribution in [0.4, 0.5) is 0 Å². The molecule has 2 heterocycles. The summed E-state index contributed by atoms with van der Waals surface area (Å²) in [7, 11) is 0. The Hall–Kier alpha value is -3.17. The zero-order valence-electron chi connectivity index (χ0n) is 15.4. The van der Waals surface area contributed by atoms with Crippen molar-refractivity contribution < 1.29 is 4.90 Å². The Kier molecular flexibility index (Phi) is 5.09. The second kappa shape index (κ2) is 7.83. The zero-order valence-corrected chi connectivity index (χ0v) is 16.2. The van der Waals surface area contributed by atoms with Gasteiger partial charge in [0.25, 0.3) is 5.56 Å². The monoisotopic (exact) mass is 394 g/mol. The van der Waals surface area contributed by atoms with Crippen LogP contribution in [0.3, 0.4) is 0 Å². The van der Waals surface area contributed by atoms with E-state index in [4.69, 9.17) is 12.2 Å². The molecule has 0 saturated carbocycles. The fourth-order valence-electron chi connectivity index (χ4n) is 3.06. The van der Waals surface area contributed by atoms with E-state index in [1.165, 1.54) is 0 Å². The van der Waals surface area contributed by atoms with Crippen molar-refractivity contribution in [3.8, 4) is 5.69 Å². The fourth-order valence-corrected chi connectivity index (χ4v) is 3.31. The van der Waals surface area contributed by atoms with Crippen LogP contribution in [0.25, 0.3) is 16.6 Å². The lowest BCUT2D eigenvalue weighted by molar-refractivity contribution is -0.936. The third-order valence-electron chi connectivity index (χ3n) is 4.59. The van der Waals surface area contributed by atoms with Crippen LogP contribution in [0.5, 0.6) is 0 Å². The van der Waals surface area contributed by atoms with E-state index >= 15 is 0 Å². The SMILES string of the molecule is CC[NH+](Cc1nc2ccccc2c(=O)[nH]1)Cn1nnn(-c2ccccc2)c1=S. The first kappa shape index (κ1) is 18.2. The Bertz CT molecular complexity index is 1210. The van der Waals surface area contributed by atoms with Crippen molar-refractivity contribution in [3.63, 3.8) is 0 Å². The van der Waals surface area contributed by atoms with Gasteiger partial charge < -0.3 is 9.88 Å². The van der Waals surface area contributed by atoms with Crippen molar-refractivity contribution in [2.24, 2.45) is 0 Å². The first-order valence-electron chi connectivity index (χ1n) is 9.05. The standard InChI is InChI=1S/C19H19N7OS/c1-2-24(12-17-20-16-11-7-6-10-15(16)18(27)21-17)13-25-19(28)26(23-22-25)14-8-4-3-5-9-14/h3-11H,2,12-13H2,1H3,(H,20,21,27)/p+1. The van der Waals surface area contributed by atoms with Crippen LogP contribution >= 0.6 is 12.2 Å². The number of hydrogen-bond acceptors (Lipinski definition) is 5. The Morgan fingerprint density at radius 1 is 1.07 bits per heavy atom. The Balaban J connectivity index is 1.57. The topological polar surface area (TPSA) is 85.8 Å². The lowest BCUT2D eigenvalue weighted by atomic mass is 10.2. The number of quaternary nitrogens is 1. The number of H-pyrrole nitrogens is 1. The number of fused-ring (bicyclic) bond motifs is 1. The lowest BCUT2D eigenvalue weighted by Gasteiger charge is -2.16. The number of para-hydroxylation sites is 2. The number of rotatable bonds is 6. The molecule has 28 heavy (non-hydrogen) atoms. The quantitative estimate of drug-likeness (QED) is 0.478. The van der Waals surface area contributed by atoms with E-state index in [0.29, 0.717) is 34.7 Å². The molecule has 0 aliphatic carbocycles. The van der Waals surface area contributed by atoms with E-state index in [1.807, 2.05) is 48.5 Å². The van der Waals surface area contributed by atoms with Crippen LogP contribution in [0.15, 0.2) is 59.4 Å². The highest BCUT2D eigenvalue weighted by atomic mass is 32.1. The number of tetrazole rings is 1. The third-order valence-corrected chi connectivity index (χ3v) is 4.98. The summed E-state index contributed by atoms with van der Waals surface area (Å²) >= 11 is 5.54. The van der Waals surface area contributed by atoms with Gasteiger partial charge in [-0.1, -0.05) is 30.3 Å². The highest BCUT2D eigenvalue weighted by molar-refractivity contribution is 7.71. The highest BCUT2D eigenvalue weighted by Crippen LogP contribution is 2.06. The van der Waals surface area contributed by atoms with Crippen molar-refractivity contribution >= 4 is 23.1 Å². The van der Waals surface area contributed by atoms with E-state index in [-0.39, 0.29) is 5.56 Å². The molecule has 2 aromatic carbocycles. The molecule has 2 aromatic heterocycles. The van der Waals surface area contributed by atoms with Crippen LogP contribution in [0.1, 0.15) is 12.7 Å². The molecule has 0 saturated heterocycles. The predicted octanol–water partition coefficient (Wildman–Crippen LogP) is 1.10. The van der Waals surface area contributed by atoms with Crippen LogP contribution in [-0.4, -0.2) is 36.3 Å². The van der Waals surface area contributed by atoms with Gasteiger partial charge >= 0.3 is 0 Å². The first-order valence-corrected chi connectivity index (χ1v) is 9.46. The number of benzene rings is 2. The van der Waals surface area contributed by atoms with Gasteiger partial charge in [-0.05, 0) is 53.8 Å². The Morgan fingerprint density at radius 3 is 2.61 bits per heavy atom. The highest BCUT2D eigenvalue weighted by Gasteiger charge is 2.14. The first-order chi connectivity index (χ1) is 13.7. The van der Waals surface area contributed by atoms with Gasteiger partial charge in [0.15, 0.2) is 12.5 Å². The molecular weight excluding hydrogens is 374 g/mol. The zero-order chi connectivity index (χ0) is 19.5. The minimum Gasteiger partial charge on any atom is -0.310 e. The molecule has 0 amide bonds. The maximum atomic E-state index is 12.3. The third kappa shape index (κ3) is 3.62. The van der Waals surface area contributed by atoms with E-state index in [9.17, 15) is 4.79 Å². The van der Waals surface area contributed by atoms with E-state index in [0.717, 1.165) is 17.1 Å². The number of nitrogens with one attached hydrogen (secondary N) is 2. The van der Waals surface area contributed by atoms with E-state index in [2.05, 4.69) is 27.3 Å². The molecule has 0 radical (unpaired) electrons.